The molecule has 2 N–H and O–H groups in total. The molecule has 2 aromatic rings. The van der Waals surface area contributed by atoms with E-state index in [1.807, 2.05) is 14.0 Å². The predicted molar refractivity (Wildman–Crippen MR) is 56.9 cm³/mol. The van der Waals surface area contributed by atoms with Crippen LogP contribution in [0.25, 0.3) is 0 Å². The zero-order chi connectivity index (χ0) is 11.5. The molecular formula is C9H12N6O. The molecule has 0 bridgehead atoms. The standard InChI is InChI=1S/C9H12N6O/c1-3-6-8(5-15(2)13-6)11-9(16)7-4-10-14-12-7/h4-5H,3H2,1-2H3,(H,11,16)(H,10,12,14). The van der Waals surface area contributed by atoms with Crippen LogP contribution in [0.3, 0.4) is 0 Å². The second-order valence-electron chi connectivity index (χ2n) is 3.33. The lowest BCUT2D eigenvalue weighted by Crippen LogP contribution is -2.13. The molecule has 0 saturated carbocycles. The van der Waals surface area contributed by atoms with Crippen LogP contribution < -0.4 is 5.32 Å². The first-order valence-electron chi connectivity index (χ1n) is 4.90. The van der Waals surface area contributed by atoms with E-state index in [2.05, 4.69) is 25.8 Å². The normalized spacial score (nSPS) is 10.4. The minimum Gasteiger partial charge on any atom is -0.318 e. The second-order valence-corrected chi connectivity index (χ2v) is 3.33. The number of amides is 1. The third-order valence-electron chi connectivity index (χ3n) is 2.14. The molecule has 0 spiro atoms. The van der Waals surface area contributed by atoms with Gasteiger partial charge in [0.2, 0.25) is 0 Å². The third kappa shape index (κ3) is 1.92. The number of aromatic nitrogens is 5. The number of nitrogens with zero attached hydrogens (tertiary/aromatic N) is 4. The number of hydrogen-bond acceptors (Lipinski definition) is 4. The predicted octanol–water partition coefficient (Wildman–Crippen LogP) is 0.353. The summed E-state index contributed by atoms with van der Waals surface area (Å²) in [7, 11) is 1.81. The van der Waals surface area contributed by atoms with Crippen LogP contribution >= 0.6 is 0 Å². The molecule has 84 valence electrons. The summed E-state index contributed by atoms with van der Waals surface area (Å²) >= 11 is 0. The van der Waals surface area contributed by atoms with Crippen molar-refractivity contribution in [1.82, 2.24) is 25.2 Å². The van der Waals surface area contributed by atoms with E-state index in [0.29, 0.717) is 5.69 Å². The SMILES string of the molecule is CCc1nn(C)cc1NC(=O)c1cn[nH]n1. The lowest BCUT2D eigenvalue weighted by Gasteiger charge is -2.00. The van der Waals surface area contributed by atoms with E-state index in [-0.39, 0.29) is 11.6 Å². The largest absolute Gasteiger partial charge is 0.318 e. The fourth-order valence-corrected chi connectivity index (χ4v) is 1.40. The van der Waals surface area contributed by atoms with Gasteiger partial charge in [-0.15, -0.1) is 0 Å². The molecule has 0 unspecified atom stereocenters. The topological polar surface area (TPSA) is 88.5 Å². The van der Waals surface area contributed by atoms with Gasteiger partial charge in [0, 0.05) is 13.2 Å². The summed E-state index contributed by atoms with van der Waals surface area (Å²) in [6, 6.07) is 0. The molecule has 1 amide bonds. The molecule has 16 heavy (non-hydrogen) atoms. The highest BCUT2D eigenvalue weighted by Crippen LogP contribution is 2.14. The van der Waals surface area contributed by atoms with Crippen molar-refractivity contribution in [3.8, 4) is 0 Å². The van der Waals surface area contributed by atoms with Crippen LogP contribution in [-0.2, 0) is 13.5 Å². The Morgan fingerprint density at radius 1 is 1.62 bits per heavy atom. The summed E-state index contributed by atoms with van der Waals surface area (Å²) in [5, 5.41) is 16.6. The Labute approximate surface area is 91.9 Å². The second kappa shape index (κ2) is 4.13. The van der Waals surface area contributed by atoms with Gasteiger partial charge >= 0.3 is 0 Å². The third-order valence-corrected chi connectivity index (χ3v) is 2.14. The molecule has 2 heterocycles. The first-order chi connectivity index (χ1) is 7.70. The van der Waals surface area contributed by atoms with Crippen molar-refractivity contribution in [1.29, 1.82) is 0 Å². The Balaban J connectivity index is 2.17. The molecule has 0 aliphatic heterocycles. The minimum absolute atomic E-state index is 0.255. The van der Waals surface area contributed by atoms with E-state index in [1.54, 1.807) is 10.9 Å². The van der Waals surface area contributed by atoms with Gasteiger partial charge in [0.1, 0.15) is 0 Å². The van der Waals surface area contributed by atoms with Crippen molar-refractivity contribution in [2.75, 3.05) is 5.32 Å². The van der Waals surface area contributed by atoms with Gasteiger partial charge in [-0.1, -0.05) is 6.92 Å². The van der Waals surface area contributed by atoms with Gasteiger partial charge in [0.15, 0.2) is 5.69 Å². The number of anilines is 1. The van der Waals surface area contributed by atoms with Crippen molar-refractivity contribution < 1.29 is 4.79 Å². The monoisotopic (exact) mass is 220 g/mol. The number of nitrogens with one attached hydrogen (secondary N) is 2. The van der Waals surface area contributed by atoms with E-state index in [0.717, 1.165) is 12.1 Å². The Morgan fingerprint density at radius 2 is 2.44 bits per heavy atom. The molecule has 0 fully saturated rings. The van der Waals surface area contributed by atoms with E-state index in [1.165, 1.54) is 6.20 Å². The first-order valence-corrected chi connectivity index (χ1v) is 4.90. The van der Waals surface area contributed by atoms with Gasteiger partial charge in [-0.05, 0) is 6.42 Å². The van der Waals surface area contributed by atoms with Crippen LogP contribution in [-0.4, -0.2) is 31.1 Å². The number of carbonyl (C=O) groups excluding carboxylic acids is 1. The number of hydrogen-bond donors (Lipinski definition) is 2. The van der Waals surface area contributed by atoms with Gasteiger partial charge in [0.05, 0.1) is 17.6 Å². The van der Waals surface area contributed by atoms with Gasteiger partial charge in [-0.2, -0.15) is 20.5 Å². The molecule has 2 aromatic heterocycles. The van der Waals surface area contributed by atoms with Crippen LogP contribution in [0.5, 0.6) is 0 Å². The molecule has 0 atom stereocenters. The Kier molecular flexibility index (Phi) is 2.67. The lowest BCUT2D eigenvalue weighted by molar-refractivity contribution is 0.102. The van der Waals surface area contributed by atoms with Crippen LogP contribution in [0.4, 0.5) is 5.69 Å². The van der Waals surface area contributed by atoms with Crippen molar-refractivity contribution in [3.63, 3.8) is 0 Å². The van der Waals surface area contributed by atoms with Gasteiger partial charge in [-0.25, -0.2) is 0 Å². The van der Waals surface area contributed by atoms with Crippen molar-refractivity contribution in [3.05, 3.63) is 23.8 Å². The smallest absolute Gasteiger partial charge is 0.277 e. The Hall–Kier alpha value is -2.18. The Bertz CT molecular complexity index is 486. The van der Waals surface area contributed by atoms with E-state index in [9.17, 15) is 4.79 Å². The highest BCUT2D eigenvalue weighted by molar-refractivity contribution is 6.02. The molecule has 7 nitrogen and oxygen atoms in total. The summed E-state index contributed by atoms with van der Waals surface area (Å²) in [5.74, 6) is -0.295. The van der Waals surface area contributed by atoms with Crippen LogP contribution in [0, 0.1) is 0 Å². The summed E-state index contributed by atoms with van der Waals surface area (Å²) in [4.78, 5) is 11.7. The number of H-pyrrole nitrogens is 1. The summed E-state index contributed by atoms with van der Waals surface area (Å²) < 4.78 is 1.66. The fraction of sp³-hybridized carbons (Fsp3) is 0.333. The highest BCUT2D eigenvalue weighted by atomic mass is 16.2. The summed E-state index contributed by atoms with van der Waals surface area (Å²) in [6.45, 7) is 1.98. The van der Waals surface area contributed by atoms with Crippen molar-refractivity contribution in [2.45, 2.75) is 13.3 Å². The maximum atomic E-state index is 11.7. The molecular weight excluding hydrogens is 208 g/mol. The zero-order valence-electron chi connectivity index (χ0n) is 9.06. The quantitative estimate of drug-likeness (QED) is 0.781. The summed E-state index contributed by atoms with van der Waals surface area (Å²) in [5.41, 5.74) is 1.81. The molecule has 2 rings (SSSR count). The number of rotatable bonds is 3. The zero-order valence-corrected chi connectivity index (χ0v) is 9.06. The Morgan fingerprint density at radius 3 is 3.06 bits per heavy atom. The number of aryl methyl sites for hydroxylation is 2. The van der Waals surface area contributed by atoms with Crippen molar-refractivity contribution in [2.24, 2.45) is 7.05 Å². The molecule has 0 aromatic carbocycles. The molecule has 0 saturated heterocycles. The highest BCUT2D eigenvalue weighted by Gasteiger charge is 2.12. The maximum Gasteiger partial charge on any atom is 0.277 e. The van der Waals surface area contributed by atoms with E-state index < -0.39 is 0 Å². The fourth-order valence-electron chi connectivity index (χ4n) is 1.40. The van der Waals surface area contributed by atoms with E-state index in [4.69, 9.17) is 0 Å². The lowest BCUT2D eigenvalue weighted by atomic mass is 10.3. The number of carbonyl (C=O) groups is 1. The molecule has 0 aliphatic carbocycles. The first kappa shape index (κ1) is 10.3. The molecule has 0 aliphatic rings. The average molecular weight is 220 g/mol. The van der Waals surface area contributed by atoms with Gasteiger partial charge in [-0.3, -0.25) is 9.48 Å². The van der Waals surface area contributed by atoms with Crippen LogP contribution in [0.2, 0.25) is 0 Å². The van der Waals surface area contributed by atoms with Gasteiger partial charge in [0.25, 0.3) is 5.91 Å². The van der Waals surface area contributed by atoms with Crippen molar-refractivity contribution >= 4 is 11.6 Å². The maximum absolute atomic E-state index is 11.7. The average Bonchev–Trinajstić information content (AvgIpc) is 2.87. The minimum atomic E-state index is -0.295. The number of aromatic amines is 1. The van der Waals surface area contributed by atoms with E-state index >= 15 is 0 Å². The van der Waals surface area contributed by atoms with Gasteiger partial charge < -0.3 is 5.32 Å². The van der Waals surface area contributed by atoms with Crippen LogP contribution in [0.1, 0.15) is 23.1 Å². The summed E-state index contributed by atoms with van der Waals surface area (Å²) in [6.07, 6.45) is 3.89. The molecule has 7 heteroatoms. The van der Waals surface area contributed by atoms with Crippen LogP contribution in [0.15, 0.2) is 12.4 Å². The molecule has 0 radical (unpaired) electrons.